The number of halogens is 2. The second-order valence-electron chi connectivity index (χ2n) is 7.27. The number of fused-ring (bicyclic) bond motifs is 1. The molecule has 0 fully saturated rings. The molecule has 0 radical (unpaired) electrons. The lowest BCUT2D eigenvalue weighted by Crippen LogP contribution is -2.12. The van der Waals surface area contributed by atoms with Crippen LogP contribution in [0.5, 0.6) is 0 Å². The highest BCUT2D eigenvalue weighted by atomic mass is 35.5. The fourth-order valence-corrected chi connectivity index (χ4v) is 4.82. The first-order valence-corrected chi connectivity index (χ1v) is 12.2. The number of anilines is 1. The third-order valence-electron chi connectivity index (χ3n) is 5.02. The van der Waals surface area contributed by atoms with Crippen molar-refractivity contribution in [1.82, 2.24) is 19.7 Å². The predicted molar refractivity (Wildman–Crippen MR) is 129 cm³/mol. The number of nitrogens with one attached hydrogen (secondary N) is 1. The lowest BCUT2D eigenvalue weighted by molar-refractivity contribution is 0.292. The first-order valence-electron chi connectivity index (χ1n) is 9.87. The standard InChI is InChI=1S/C21H20Cl2N6O3S/c1-29-20-15(11-26-21(27-20)25-9-2-10-30)19(28-29)13-5-3-12(4-6-13)14-7-8-16(33(24,31)32)18(23)17(14)22/h3-8,11,30H,2,9-10H2,1H3,(H2,24,31,32)(H,25,26,27). The molecule has 12 heteroatoms. The fourth-order valence-electron chi connectivity index (χ4n) is 3.40. The minimum absolute atomic E-state index is 0.0920. The third-order valence-corrected chi connectivity index (χ3v) is 6.97. The van der Waals surface area contributed by atoms with E-state index in [0.717, 1.165) is 22.2 Å². The van der Waals surface area contributed by atoms with Crippen LogP contribution in [0.25, 0.3) is 33.4 Å². The fraction of sp³-hybridized carbons (Fsp3) is 0.190. The van der Waals surface area contributed by atoms with Crippen LogP contribution in [0.1, 0.15) is 6.42 Å². The van der Waals surface area contributed by atoms with Gasteiger partial charge in [-0.15, -0.1) is 0 Å². The number of aryl methyl sites for hydroxylation is 1. The number of nitrogens with zero attached hydrogens (tertiary/aromatic N) is 4. The van der Waals surface area contributed by atoms with Gasteiger partial charge < -0.3 is 10.4 Å². The molecular weight excluding hydrogens is 487 g/mol. The Hall–Kier alpha value is -2.76. The van der Waals surface area contributed by atoms with E-state index in [9.17, 15) is 8.42 Å². The molecule has 4 rings (SSSR count). The first kappa shape index (κ1) is 23.4. The Labute approximate surface area is 200 Å². The zero-order valence-corrected chi connectivity index (χ0v) is 19.8. The van der Waals surface area contributed by atoms with E-state index in [-0.39, 0.29) is 21.5 Å². The quantitative estimate of drug-likeness (QED) is 0.326. The molecular formula is C21H20Cl2N6O3S. The van der Waals surface area contributed by atoms with E-state index < -0.39 is 10.0 Å². The summed E-state index contributed by atoms with van der Waals surface area (Å²) in [6.45, 7) is 0.660. The molecule has 9 nitrogen and oxygen atoms in total. The lowest BCUT2D eigenvalue weighted by atomic mass is 10.0. The summed E-state index contributed by atoms with van der Waals surface area (Å²) in [4.78, 5) is 8.63. The largest absolute Gasteiger partial charge is 0.396 e. The zero-order valence-electron chi connectivity index (χ0n) is 17.5. The van der Waals surface area contributed by atoms with Crippen LogP contribution in [-0.2, 0) is 17.1 Å². The second-order valence-corrected chi connectivity index (χ2v) is 9.55. The first-order chi connectivity index (χ1) is 15.7. The Bertz CT molecular complexity index is 1440. The molecule has 0 aliphatic carbocycles. The minimum Gasteiger partial charge on any atom is -0.396 e. The van der Waals surface area contributed by atoms with Crippen molar-refractivity contribution < 1.29 is 13.5 Å². The number of rotatable bonds is 7. The van der Waals surface area contributed by atoms with Crippen LogP contribution in [0.2, 0.25) is 10.0 Å². The summed E-state index contributed by atoms with van der Waals surface area (Å²) < 4.78 is 25.0. The highest BCUT2D eigenvalue weighted by Gasteiger charge is 2.19. The van der Waals surface area contributed by atoms with Crippen molar-refractivity contribution in [2.24, 2.45) is 12.2 Å². The van der Waals surface area contributed by atoms with Crippen LogP contribution in [0.4, 0.5) is 5.95 Å². The lowest BCUT2D eigenvalue weighted by Gasteiger charge is -2.10. The molecule has 0 atom stereocenters. The monoisotopic (exact) mass is 506 g/mol. The highest BCUT2D eigenvalue weighted by molar-refractivity contribution is 7.89. The molecule has 4 aromatic rings. The number of aliphatic hydroxyl groups excluding tert-OH is 1. The SMILES string of the molecule is Cn1nc(-c2ccc(-c3ccc(S(N)(=O)=O)c(Cl)c3Cl)cc2)c2cnc(NCCCO)nc21. The molecule has 0 aliphatic heterocycles. The number of nitrogens with two attached hydrogens (primary N) is 1. The number of primary sulfonamides is 1. The van der Waals surface area contributed by atoms with E-state index in [4.69, 9.17) is 33.4 Å². The van der Waals surface area contributed by atoms with Crippen LogP contribution in [-0.4, -0.2) is 46.4 Å². The smallest absolute Gasteiger partial charge is 0.239 e. The van der Waals surface area contributed by atoms with Gasteiger partial charge in [-0.2, -0.15) is 10.1 Å². The summed E-state index contributed by atoms with van der Waals surface area (Å²) in [6.07, 6.45) is 2.31. The second kappa shape index (κ2) is 9.24. The number of sulfonamides is 1. The van der Waals surface area contributed by atoms with E-state index in [1.165, 1.54) is 6.07 Å². The number of benzene rings is 2. The molecule has 2 aromatic heterocycles. The molecule has 0 saturated heterocycles. The molecule has 2 aromatic carbocycles. The normalized spacial score (nSPS) is 11.8. The number of hydrogen-bond donors (Lipinski definition) is 3. The third kappa shape index (κ3) is 4.66. The van der Waals surface area contributed by atoms with Crippen molar-refractivity contribution in [2.75, 3.05) is 18.5 Å². The Balaban J connectivity index is 1.67. The van der Waals surface area contributed by atoms with Crippen molar-refractivity contribution in [3.63, 3.8) is 0 Å². The van der Waals surface area contributed by atoms with Crippen molar-refractivity contribution in [2.45, 2.75) is 11.3 Å². The predicted octanol–water partition coefficient (Wildman–Crippen LogP) is 3.45. The maximum absolute atomic E-state index is 11.7. The maximum atomic E-state index is 11.7. The Morgan fingerprint density at radius 1 is 1.09 bits per heavy atom. The summed E-state index contributed by atoms with van der Waals surface area (Å²) in [6, 6.07) is 10.3. The zero-order chi connectivity index (χ0) is 23.8. The molecule has 0 spiro atoms. The molecule has 0 saturated carbocycles. The summed E-state index contributed by atoms with van der Waals surface area (Å²) in [5.41, 5.74) is 3.56. The highest BCUT2D eigenvalue weighted by Crippen LogP contribution is 2.38. The van der Waals surface area contributed by atoms with Crippen molar-refractivity contribution in [1.29, 1.82) is 0 Å². The summed E-state index contributed by atoms with van der Waals surface area (Å²) in [7, 11) is -2.18. The van der Waals surface area contributed by atoms with E-state index >= 15 is 0 Å². The van der Waals surface area contributed by atoms with Crippen LogP contribution in [0, 0.1) is 0 Å². The number of aromatic nitrogens is 4. The van der Waals surface area contributed by atoms with Crippen LogP contribution in [0.3, 0.4) is 0 Å². The molecule has 0 bridgehead atoms. The molecule has 0 aliphatic rings. The molecule has 33 heavy (non-hydrogen) atoms. The van der Waals surface area contributed by atoms with Crippen LogP contribution >= 0.6 is 23.2 Å². The van der Waals surface area contributed by atoms with Crippen molar-refractivity contribution in [3.8, 4) is 22.4 Å². The van der Waals surface area contributed by atoms with Gasteiger partial charge in [-0.25, -0.2) is 23.2 Å². The van der Waals surface area contributed by atoms with Gasteiger partial charge in [0.15, 0.2) is 5.65 Å². The van der Waals surface area contributed by atoms with Gasteiger partial charge in [0.05, 0.1) is 15.4 Å². The van der Waals surface area contributed by atoms with Gasteiger partial charge in [-0.1, -0.05) is 53.5 Å². The van der Waals surface area contributed by atoms with E-state index in [1.54, 1.807) is 24.0 Å². The molecule has 0 amide bonds. The van der Waals surface area contributed by atoms with Gasteiger partial charge in [0.25, 0.3) is 0 Å². The molecule has 172 valence electrons. The van der Waals surface area contributed by atoms with Gasteiger partial charge in [0.1, 0.15) is 10.6 Å². The van der Waals surface area contributed by atoms with E-state index in [2.05, 4.69) is 20.4 Å². The summed E-state index contributed by atoms with van der Waals surface area (Å²) in [5, 5.41) is 22.5. The molecule has 0 unspecified atom stereocenters. The van der Waals surface area contributed by atoms with Gasteiger partial charge in [0, 0.05) is 37.5 Å². The van der Waals surface area contributed by atoms with Gasteiger partial charge in [-0.3, -0.25) is 0 Å². The topological polar surface area (TPSA) is 136 Å². The minimum atomic E-state index is -3.98. The summed E-state index contributed by atoms with van der Waals surface area (Å²) in [5.74, 6) is 0.468. The van der Waals surface area contributed by atoms with Crippen molar-refractivity contribution >= 4 is 50.2 Å². The Kier molecular flexibility index (Phi) is 6.55. The Morgan fingerprint density at radius 3 is 2.45 bits per heavy atom. The molecule has 2 heterocycles. The van der Waals surface area contributed by atoms with E-state index in [0.29, 0.717) is 30.1 Å². The Morgan fingerprint density at radius 2 is 1.79 bits per heavy atom. The average molecular weight is 507 g/mol. The average Bonchev–Trinajstić information content (AvgIpc) is 3.11. The van der Waals surface area contributed by atoms with Gasteiger partial charge >= 0.3 is 0 Å². The van der Waals surface area contributed by atoms with Gasteiger partial charge in [-0.05, 0) is 18.1 Å². The van der Waals surface area contributed by atoms with Crippen LogP contribution < -0.4 is 10.5 Å². The maximum Gasteiger partial charge on any atom is 0.239 e. The van der Waals surface area contributed by atoms with Crippen molar-refractivity contribution in [3.05, 3.63) is 52.6 Å². The number of hydrogen-bond acceptors (Lipinski definition) is 7. The van der Waals surface area contributed by atoms with E-state index in [1.807, 2.05) is 24.3 Å². The van der Waals surface area contributed by atoms with Gasteiger partial charge in [0.2, 0.25) is 16.0 Å². The number of aliphatic hydroxyl groups is 1. The molecule has 4 N–H and O–H groups in total. The summed E-state index contributed by atoms with van der Waals surface area (Å²) >= 11 is 12.5. The van der Waals surface area contributed by atoms with Crippen LogP contribution in [0.15, 0.2) is 47.5 Å².